The maximum atomic E-state index is 12.5. The molecule has 9 heteroatoms. The lowest BCUT2D eigenvalue weighted by atomic mass is 10.1. The maximum absolute atomic E-state index is 12.5. The molecule has 0 saturated heterocycles. The molecule has 33 heavy (non-hydrogen) atoms. The highest BCUT2D eigenvalue weighted by Crippen LogP contribution is 2.29. The summed E-state index contributed by atoms with van der Waals surface area (Å²) in [6.07, 6.45) is 0.213. The minimum Gasteiger partial charge on any atom is -0.491 e. The van der Waals surface area contributed by atoms with Crippen LogP contribution in [0, 0.1) is 0 Å². The van der Waals surface area contributed by atoms with E-state index in [1.807, 2.05) is 20.8 Å². The summed E-state index contributed by atoms with van der Waals surface area (Å²) in [5, 5.41) is 15.7. The Morgan fingerprint density at radius 1 is 1.09 bits per heavy atom. The number of carbonyl (C=O) groups is 2. The van der Waals surface area contributed by atoms with Crippen molar-refractivity contribution >= 4 is 29.2 Å². The van der Waals surface area contributed by atoms with Gasteiger partial charge in [0, 0.05) is 23.7 Å². The fourth-order valence-corrected chi connectivity index (χ4v) is 3.18. The number of benzene rings is 2. The van der Waals surface area contributed by atoms with E-state index in [9.17, 15) is 9.59 Å². The number of carbonyl (C=O) groups excluding carboxylic acids is 1. The topological polar surface area (TPSA) is 111 Å². The number of anilines is 1. The predicted molar refractivity (Wildman–Crippen MR) is 124 cm³/mol. The van der Waals surface area contributed by atoms with Gasteiger partial charge in [-0.2, -0.15) is 0 Å². The normalized spacial score (nSPS) is 11.8. The van der Waals surface area contributed by atoms with Gasteiger partial charge in [0.25, 0.3) is 5.91 Å². The van der Waals surface area contributed by atoms with Gasteiger partial charge < -0.3 is 24.4 Å². The molecular formula is C24H25ClN2O6. The van der Waals surface area contributed by atoms with Crippen LogP contribution < -0.4 is 14.8 Å². The number of ether oxygens (including phenoxy) is 2. The highest BCUT2D eigenvalue weighted by atomic mass is 35.5. The summed E-state index contributed by atoms with van der Waals surface area (Å²) in [6.45, 7) is 5.62. The summed E-state index contributed by atoms with van der Waals surface area (Å²) < 4.78 is 16.6. The molecule has 1 amide bonds. The number of aromatic nitrogens is 1. The van der Waals surface area contributed by atoms with Crippen LogP contribution in [-0.2, 0) is 4.79 Å². The summed E-state index contributed by atoms with van der Waals surface area (Å²) in [6, 6.07) is 13.6. The van der Waals surface area contributed by atoms with Gasteiger partial charge in [-0.25, -0.2) is 0 Å². The first kappa shape index (κ1) is 24.1. The van der Waals surface area contributed by atoms with Crippen molar-refractivity contribution in [2.45, 2.75) is 45.8 Å². The van der Waals surface area contributed by atoms with Gasteiger partial charge in [0.05, 0.1) is 17.2 Å². The molecule has 0 aliphatic heterocycles. The van der Waals surface area contributed by atoms with Gasteiger partial charge in [0.1, 0.15) is 11.5 Å². The van der Waals surface area contributed by atoms with Crippen molar-refractivity contribution in [2.75, 3.05) is 5.32 Å². The Balaban J connectivity index is 1.61. The van der Waals surface area contributed by atoms with Crippen LogP contribution in [-0.4, -0.2) is 34.3 Å². The Morgan fingerprint density at radius 3 is 2.45 bits per heavy atom. The van der Waals surface area contributed by atoms with Crippen molar-refractivity contribution < 1.29 is 28.7 Å². The fraction of sp³-hybridized carbons (Fsp3) is 0.292. The third-order valence-corrected chi connectivity index (χ3v) is 4.83. The molecule has 3 rings (SSSR count). The van der Waals surface area contributed by atoms with Crippen LogP contribution in [0.5, 0.6) is 11.5 Å². The second-order valence-electron chi connectivity index (χ2n) is 7.73. The molecule has 3 aromatic rings. The quantitative estimate of drug-likeness (QED) is 0.391. The zero-order chi connectivity index (χ0) is 24.0. The number of aliphatic carboxylic acids is 1. The molecule has 0 fully saturated rings. The van der Waals surface area contributed by atoms with E-state index in [1.54, 1.807) is 48.5 Å². The van der Waals surface area contributed by atoms with Crippen LogP contribution in [0.25, 0.3) is 11.3 Å². The van der Waals surface area contributed by atoms with E-state index in [-0.39, 0.29) is 24.3 Å². The van der Waals surface area contributed by atoms with Gasteiger partial charge in [-0.3, -0.25) is 9.59 Å². The van der Waals surface area contributed by atoms with Crippen LogP contribution in [0.4, 0.5) is 5.69 Å². The Kier molecular flexibility index (Phi) is 7.95. The minimum atomic E-state index is -0.855. The summed E-state index contributed by atoms with van der Waals surface area (Å²) in [7, 11) is 0. The highest BCUT2D eigenvalue weighted by Gasteiger charge is 2.15. The average Bonchev–Trinajstić information content (AvgIpc) is 3.25. The number of rotatable bonds is 10. The molecule has 1 atom stereocenters. The molecule has 174 valence electrons. The third kappa shape index (κ3) is 6.98. The van der Waals surface area contributed by atoms with Gasteiger partial charge in [-0.15, -0.1) is 0 Å². The summed E-state index contributed by atoms with van der Waals surface area (Å²) in [4.78, 5) is 23.2. The Labute approximate surface area is 196 Å². The molecule has 1 heterocycles. The van der Waals surface area contributed by atoms with E-state index in [1.165, 1.54) is 0 Å². The summed E-state index contributed by atoms with van der Waals surface area (Å²) in [5.41, 5.74) is 1.33. The Bertz CT molecular complexity index is 1110. The predicted octanol–water partition coefficient (Wildman–Crippen LogP) is 5.67. The molecule has 2 aromatic carbocycles. The summed E-state index contributed by atoms with van der Waals surface area (Å²) in [5.74, 6) is 0.273. The molecule has 0 aliphatic carbocycles. The molecule has 0 saturated carbocycles. The van der Waals surface area contributed by atoms with Crippen molar-refractivity contribution in [3.05, 3.63) is 59.2 Å². The molecule has 0 spiro atoms. The largest absolute Gasteiger partial charge is 0.491 e. The van der Waals surface area contributed by atoms with Crippen molar-refractivity contribution in [2.24, 2.45) is 0 Å². The zero-order valence-corrected chi connectivity index (χ0v) is 19.3. The van der Waals surface area contributed by atoms with Crippen molar-refractivity contribution in [1.82, 2.24) is 5.16 Å². The van der Waals surface area contributed by atoms with Crippen LogP contribution in [0.15, 0.2) is 53.1 Å². The van der Waals surface area contributed by atoms with E-state index in [2.05, 4.69) is 10.5 Å². The molecule has 0 bridgehead atoms. The lowest BCUT2D eigenvalue weighted by molar-refractivity contribution is -0.137. The van der Waals surface area contributed by atoms with Crippen molar-refractivity contribution in [1.29, 1.82) is 0 Å². The van der Waals surface area contributed by atoms with E-state index < -0.39 is 11.9 Å². The second kappa shape index (κ2) is 10.9. The molecule has 2 N–H and O–H groups in total. The first-order valence-corrected chi connectivity index (χ1v) is 10.8. The Morgan fingerprint density at radius 2 is 1.82 bits per heavy atom. The third-order valence-electron chi connectivity index (χ3n) is 4.54. The van der Waals surface area contributed by atoms with Crippen molar-refractivity contribution in [3.8, 4) is 22.8 Å². The molecule has 0 aliphatic rings. The minimum absolute atomic E-state index is 0.0162. The second-order valence-corrected chi connectivity index (χ2v) is 8.13. The number of nitrogens with zero attached hydrogens (tertiary/aromatic N) is 1. The van der Waals surface area contributed by atoms with Gasteiger partial charge in [-0.1, -0.05) is 16.8 Å². The monoisotopic (exact) mass is 472 g/mol. The standard InChI is InChI=1S/C24H25ClN2O6/c1-14(2)31-21-10-7-17(12-19(21)25)26-24(30)20-13-22(33-27-20)16-5-8-18(9-6-16)32-15(3)4-11-23(28)29/h5-10,12-15H,4,11H2,1-3H3,(H,26,30)(H,28,29). The first-order valence-electron chi connectivity index (χ1n) is 10.4. The molecule has 1 unspecified atom stereocenters. The van der Waals surface area contributed by atoms with Crippen LogP contribution >= 0.6 is 11.6 Å². The number of hydrogen-bond acceptors (Lipinski definition) is 6. The molecule has 1 aromatic heterocycles. The number of carboxylic acids is 1. The smallest absolute Gasteiger partial charge is 0.303 e. The van der Waals surface area contributed by atoms with E-state index in [0.717, 1.165) is 0 Å². The fourth-order valence-electron chi connectivity index (χ4n) is 2.96. The first-order chi connectivity index (χ1) is 15.7. The van der Waals surface area contributed by atoms with E-state index >= 15 is 0 Å². The lowest BCUT2D eigenvalue weighted by Crippen LogP contribution is -2.13. The van der Waals surface area contributed by atoms with Crippen LogP contribution in [0.2, 0.25) is 5.02 Å². The molecular weight excluding hydrogens is 448 g/mol. The van der Waals surface area contributed by atoms with Gasteiger partial charge >= 0.3 is 5.97 Å². The number of nitrogens with one attached hydrogen (secondary N) is 1. The van der Waals surface area contributed by atoms with Gasteiger partial charge in [0.2, 0.25) is 0 Å². The van der Waals surface area contributed by atoms with Crippen molar-refractivity contribution in [3.63, 3.8) is 0 Å². The molecule has 0 radical (unpaired) electrons. The average molecular weight is 473 g/mol. The van der Waals surface area contributed by atoms with Crippen LogP contribution in [0.3, 0.4) is 0 Å². The Hall–Kier alpha value is -3.52. The van der Waals surface area contributed by atoms with E-state index in [0.29, 0.717) is 40.0 Å². The lowest BCUT2D eigenvalue weighted by Gasteiger charge is -2.13. The number of halogens is 1. The number of hydrogen-bond donors (Lipinski definition) is 2. The SMILES string of the molecule is CC(C)Oc1ccc(NC(=O)c2cc(-c3ccc(OC(C)CCC(=O)O)cc3)on2)cc1Cl. The van der Waals surface area contributed by atoms with Gasteiger partial charge in [-0.05, 0) is 69.7 Å². The maximum Gasteiger partial charge on any atom is 0.303 e. The summed E-state index contributed by atoms with van der Waals surface area (Å²) >= 11 is 6.22. The van der Waals surface area contributed by atoms with E-state index in [4.69, 9.17) is 30.7 Å². The zero-order valence-electron chi connectivity index (χ0n) is 18.5. The number of amides is 1. The van der Waals surface area contributed by atoms with Gasteiger partial charge in [0.15, 0.2) is 11.5 Å². The molecule has 8 nitrogen and oxygen atoms in total. The highest BCUT2D eigenvalue weighted by molar-refractivity contribution is 6.32. The van der Waals surface area contributed by atoms with Crippen LogP contribution in [0.1, 0.15) is 44.1 Å². The number of carboxylic acid groups (broad SMARTS) is 1.